The van der Waals surface area contributed by atoms with E-state index in [1.807, 2.05) is 13.1 Å². The molecule has 0 amide bonds. The van der Waals surface area contributed by atoms with Gasteiger partial charge in [0.05, 0.1) is 24.4 Å². The Morgan fingerprint density at radius 3 is 2.71 bits per heavy atom. The molecule has 0 N–H and O–H groups in total. The van der Waals surface area contributed by atoms with Crippen molar-refractivity contribution in [1.29, 1.82) is 0 Å². The summed E-state index contributed by atoms with van der Waals surface area (Å²) in [5.74, 6) is 1.46. The van der Waals surface area contributed by atoms with Crippen molar-refractivity contribution in [3.63, 3.8) is 0 Å². The maximum absolute atomic E-state index is 11.7. The van der Waals surface area contributed by atoms with Gasteiger partial charge in [-0.05, 0) is 25.7 Å². The monoisotopic (exact) mass is 285 g/mol. The molecule has 0 atom stereocenters. The van der Waals surface area contributed by atoms with Gasteiger partial charge < -0.3 is 4.90 Å². The number of piperidine rings is 1. The predicted octanol–water partition coefficient (Wildman–Crippen LogP) is 1.26. The molecule has 3 heterocycles. The summed E-state index contributed by atoms with van der Waals surface area (Å²) in [6.45, 7) is 4.60. The summed E-state index contributed by atoms with van der Waals surface area (Å²) in [4.78, 5) is 26.7. The van der Waals surface area contributed by atoms with E-state index in [9.17, 15) is 4.79 Å². The van der Waals surface area contributed by atoms with Crippen LogP contribution in [-0.4, -0.2) is 32.6 Å². The van der Waals surface area contributed by atoms with E-state index in [0.717, 1.165) is 44.0 Å². The van der Waals surface area contributed by atoms with E-state index in [-0.39, 0.29) is 5.56 Å². The first-order valence-electron chi connectivity index (χ1n) is 7.26. The number of hydrogen-bond donors (Lipinski definition) is 0. The van der Waals surface area contributed by atoms with Crippen LogP contribution in [0.4, 0.5) is 5.82 Å². The molecule has 110 valence electrons. The molecule has 1 aliphatic rings. The van der Waals surface area contributed by atoms with Crippen LogP contribution in [0, 0.1) is 12.8 Å². The minimum absolute atomic E-state index is 0.0248. The SMILES string of the molecule is Cc1cnc(N2CCC(Cn3cnccc3=O)CC2)cn1. The molecule has 2 aromatic heterocycles. The van der Waals surface area contributed by atoms with Crippen LogP contribution < -0.4 is 10.5 Å². The summed E-state index contributed by atoms with van der Waals surface area (Å²) in [6, 6.07) is 1.51. The molecule has 0 unspecified atom stereocenters. The van der Waals surface area contributed by atoms with Gasteiger partial charge in [0.1, 0.15) is 5.82 Å². The molecule has 0 aliphatic carbocycles. The molecule has 0 spiro atoms. The molecule has 0 aromatic carbocycles. The van der Waals surface area contributed by atoms with Crippen molar-refractivity contribution in [3.05, 3.63) is 47.0 Å². The molecule has 0 radical (unpaired) electrons. The number of aromatic nitrogens is 4. The van der Waals surface area contributed by atoms with Crippen LogP contribution in [0.25, 0.3) is 0 Å². The summed E-state index contributed by atoms with van der Waals surface area (Å²) in [7, 11) is 0. The summed E-state index contributed by atoms with van der Waals surface area (Å²) >= 11 is 0. The molecule has 1 fully saturated rings. The van der Waals surface area contributed by atoms with E-state index in [2.05, 4.69) is 19.9 Å². The fourth-order valence-electron chi connectivity index (χ4n) is 2.69. The lowest BCUT2D eigenvalue weighted by molar-refractivity contribution is 0.350. The molecular formula is C15H19N5O. The zero-order valence-electron chi connectivity index (χ0n) is 12.1. The van der Waals surface area contributed by atoms with E-state index in [4.69, 9.17) is 0 Å². The lowest BCUT2D eigenvalue weighted by atomic mass is 9.97. The second-order valence-corrected chi connectivity index (χ2v) is 5.52. The summed E-state index contributed by atoms with van der Waals surface area (Å²) < 4.78 is 1.70. The van der Waals surface area contributed by atoms with Gasteiger partial charge in [-0.3, -0.25) is 14.3 Å². The summed E-state index contributed by atoms with van der Waals surface area (Å²) in [5, 5.41) is 0. The first kappa shape index (κ1) is 13.7. The Kier molecular flexibility index (Phi) is 3.94. The van der Waals surface area contributed by atoms with Gasteiger partial charge in [0.25, 0.3) is 5.56 Å². The molecule has 0 bridgehead atoms. The minimum Gasteiger partial charge on any atom is -0.355 e. The van der Waals surface area contributed by atoms with Crippen LogP contribution in [0.2, 0.25) is 0 Å². The Bertz CT molecular complexity index is 644. The number of aryl methyl sites for hydroxylation is 1. The van der Waals surface area contributed by atoms with Gasteiger partial charge in [-0.1, -0.05) is 0 Å². The molecule has 1 saturated heterocycles. The van der Waals surface area contributed by atoms with Gasteiger partial charge >= 0.3 is 0 Å². The van der Waals surface area contributed by atoms with Crippen molar-refractivity contribution in [2.75, 3.05) is 18.0 Å². The van der Waals surface area contributed by atoms with Crippen LogP contribution in [0.1, 0.15) is 18.5 Å². The highest BCUT2D eigenvalue weighted by Gasteiger charge is 2.20. The normalized spacial score (nSPS) is 16.1. The smallest absolute Gasteiger partial charge is 0.253 e. The minimum atomic E-state index is 0.0248. The Morgan fingerprint density at radius 2 is 2.05 bits per heavy atom. The molecular weight excluding hydrogens is 266 g/mol. The van der Waals surface area contributed by atoms with Gasteiger partial charge in [-0.15, -0.1) is 0 Å². The second-order valence-electron chi connectivity index (χ2n) is 5.52. The standard InChI is InChI=1S/C15H19N5O/c1-12-8-18-14(9-17-12)19-6-3-13(4-7-19)10-20-11-16-5-2-15(20)21/h2,5,8-9,11,13H,3-4,6-7,10H2,1H3. The average molecular weight is 285 g/mol. The first-order chi connectivity index (χ1) is 10.2. The number of hydrogen-bond acceptors (Lipinski definition) is 5. The van der Waals surface area contributed by atoms with E-state index >= 15 is 0 Å². The highest BCUT2D eigenvalue weighted by atomic mass is 16.1. The largest absolute Gasteiger partial charge is 0.355 e. The van der Waals surface area contributed by atoms with Gasteiger partial charge in [0, 0.05) is 31.9 Å². The Hall–Kier alpha value is -2.24. The van der Waals surface area contributed by atoms with E-state index in [0.29, 0.717) is 5.92 Å². The van der Waals surface area contributed by atoms with Crippen LogP contribution >= 0.6 is 0 Å². The maximum atomic E-state index is 11.7. The van der Waals surface area contributed by atoms with E-state index < -0.39 is 0 Å². The third-order valence-corrected chi connectivity index (χ3v) is 3.95. The topological polar surface area (TPSA) is 63.9 Å². The number of rotatable bonds is 3. The van der Waals surface area contributed by atoms with Crippen LogP contribution in [-0.2, 0) is 6.54 Å². The molecule has 6 heteroatoms. The Balaban J connectivity index is 1.59. The van der Waals surface area contributed by atoms with Crippen molar-refractivity contribution in [3.8, 4) is 0 Å². The van der Waals surface area contributed by atoms with E-state index in [1.54, 1.807) is 17.1 Å². The fraction of sp³-hybridized carbons (Fsp3) is 0.467. The van der Waals surface area contributed by atoms with Crippen molar-refractivity contribution in [2.45, 2.75) is 26.3 Å². The molecule has 3 rings (SSSR count). The van der Waals surface area contributed by atoms with E-state index in [1.165, 1.54) is 12.3 Å². The highest BCUT2D eigenvalue weighted by molar-refractivity contribution is 5.36. The van der Waals surface area contributed by atoms with Crippen molar-refractivity contribution in [1.82, 2.24) is 19.5 Å². The number of nitrogens with zero attached hydrogens (tertiary/aromatic N) is 5. The second kappa shape index (κ2) is 6.03. The summed E-state index contributed by atoms with van der Waals surface area (Å²) in [6.07, 6.45) is 8.91. The zero-order chi connectivity index (χ0) is 14.7. The zero-order valence-corrected chi connectivity index (χ0v) is 12.1. The van der Waals surface area contributed by atoms with Crippen LogP contribution in [0.15, 0.2) is 35.8 Å². The molecule has 21 heavy (non-hydrogen) atoms. The van der Waals surface area contributed by atoms with Gasteiger partial charge in [0.2, 0.25) is 0 Å². The van der Waals surface area contributed by atoms with Crippen molar-refractivity contribution >= 4 is 5.82 Å². The van der Waals surface area contributed by atoms with Gasteiger partial charge in [-0.2, -0.15) is 0 Å². The third kappa shape index (κ3) is 3.26. The fourth-order valence-corrected chi connectivity index (χ4v) is 2.69. The maximum Gasteiger partial charge on any atom is 0.253 e. The lowest BCUT2D eigenvalue weighted by Gasteiger charge is -2.32. The predicted molar refractivity (Wildman–Crippen MR) is 80.2 cm³/mol. The first-order valence-corrected chi connectivity index (χ1v) is 7.26. The van der Waals surface area contributed by atoms with Gasteiger partial charge in [-0.25, -0.2) is 9.97 Å². The van der Waals surface area contributed by atoms with Crippen LogP contribution in [0.3, 0.4) is 0 Å². The summed E-state index contributed by atoms with van der Waals surface area (Å²) in [5.41, 5.74) is 0.960. The van der Waals surface area contributed by atoms with Crippen molar-refractivity contribution in [2.24, 2.45) is 5.92 Å². The quantitative estimate of drug-likeness (QED) is 0.849. The molecule has 6 nitrogen and oxygen atoms in total. The molecule has 1 aliphatic heterocycles. The van der Waals surface area contributed by atoms with Gasteiger partial charge in [0.15, 0.2) is 0 Å². The molecule has 2 aromatic rings. The van der Waals surface area contributed by atoms with Crippen molar-refractivity contribution < 1.29 is 0 Å². The van der Waals surface area contributed by atoms with Crippen LogP contribution in [0.5, 0.6) is 0 Å². The number of anilines is 1. The third-order valence-electron chi connectivity index (χ3n) is 3.95. The average Bonchev–Trinajstić information content (AvgIpc) is 2.51. The lowest BCUT2D eigenvalue weighted by Crippen LogP contribution is -2.36. The molecule has 0 saturated carbocycles. The Morgan fingerprint density at radius 1 is 1.24 bits per heavy atom. The Labute approximate surface area is 123 Å². The highest BCUT2D eigenvalue weighted by Crippen LogP contribution is 2.22.